The van der Waals surface area contributed by atoms with Gasteiger partial charge in [0.15, 0.2) is 6.10 Å². The fourth-order valence-corrected chi connectivity index (χ4v) is 7.02. The van der Waals surface area contributed by atoms with Crippen molar-refractivity contribution in [1.82, 2.24) is 0 Å². The van der Waals surface area contributed by atoms with Gasteiger partial charge in [0.05, 0.1) is 0 Å². The Kier molecular flexibility index (Phi) is 50.0. The molecule has 0 amide bonds. The summed E-state index contributed by atoms with van der Waals surface area (Å²) in [5, 5.41) is 0. The second-order valence-corrected chi connectivity index (χ2v) is 17.4. The first-order chi connectivity index (χ1) is 32.0. The van der Waals surface area contributed by atoms with Gasteiger partial charge in [0.2, 0.25) is 0 Å². The Balaban J connectivity index is 4.48. The van der Waals surface area contributed by atoms with Gasteiger partial charge in [-0.25, -0.2) is 0 Å². The SMILES string of the molecule is CC/C=C/C/C=C/C/C=C/CCCCCCCC(=O)O[C@@H](COC(=O)CCCCC/C=C/C/C=C/C/C=C/C/C=C/CCCCC)COC(=O)CCCCCCC/C=C/CCCCCC. The van der Waals surface area contributed by atoms with Gasteiger partial charge in [-0.2, -0.15) is 0 Å². The van der Waals surface area contributed by atoms with Gasteiger partial charge in [-0.1, -0.05) is 195 Å². The summed E-state index contributed by atoms with van der Waals surface area (Å²) in [4.78, 5) is 38.0. The molecule has 0 aliphatic carbocycles. The molecule has 0 saturated carbocycles. The molecule has 0 N–H and O–H groups in total. The number of esters is 3. The van der Waals surface area contributed by atoms with Crippen LogP contribution in [-0.2, 0) is 28.6 Å². The van der Waals surface area contributed by atoms with Gasteiger partial charge in [0, 0.05) is 19.3 Å². The Morgan fingerprint density at radius 3 is 1.00 bits per heavy atom. The molecule has 0 aromatic heterocycles. The minimum atomic E-state index is -0.804. The lowest BCUT2D eigenvalue weighted by molar-refractivity contribution is -0.167. The fraction of sp³-hybridized carbons (Fsp3) is 0.678. The maximum absolute atomic E-state index is 12.8. The molecule has 65 heavy (non-hydrogen) atoms. The summed E-state index contributed by atoms with van der Waals surface area (Å²) in [5.41, 5.74) is 0. The van der Waals surface area contributed by atoms with E-state index in [1.165, 1.54) is 64.2 Å². The van der Waals surface area contributed by atoms with Crippen molar-refractivity contribution in [2.75, 3.05) is 13.2 Å². The Labute approximate surface area is 400 Å². The van der Waals surface area contributed by atoms with Crippen molar-refractivity contribution < 1.29 is 28.6 Å². The topological polar surface area (TPSA) is 78.9 Å². The lowest BCUT2D eigenvalue weighted by Gasteiger charge is -2.18. The van der Waals surface area contributed by atoms with E-state index in [-0.39, 0.29) is 31.1 Å². The van der Waals surface area contributed by atoms with Crippen molar-refractivity contribution in [2.24, 2.45) is 0 Å². The van der Waals surface area contributed by atoms with E-state index in [0.717, 1.165) is 135 Å². The van der Waals surface area contributed by atoms with E-state index in [9.17, 15) is 14.4 Å². The average Bonchev–Trinajstić information content (AvgIpc) is 3.30. The molecule has 0 rings (SSSR count). The summed E-state index contributed by atoms with van der Waals surface area (Å²) in [6.07, 6.45) is 69.6. The third-order valence-corrected chi connectivity index (χ3v) is 11.0. The molecule has 0 aliphatic heterocycles. The van der Waals surface area contributed by atoms with Gasteiger partial charge in [-0.15, -0.1) is 0 Å². The first-order valence-electron chi connectivity index (χ1n) is 26.7. The number of allylic oxidation sites excluding steroid dienone is 16. The van der Waals surface area contributed by atoms with Crippen LogP contribution >= 0.6 is 0 Å². The first-order valence-corrected chi connectivity index (χ1v) is 26.7. The smallest absolute Gasteiger partial charge is 0.306 e. The second kappa shape index (κ2) is 52.9. The van der Waals surface area contributed by atoms with Gasteiger partial charge in [-0.05, 0) is 122 Å². The molecule has 6 nitrogen and oxygen atoms in total. The fourth-order valence-electron chi connectivity index (χ4n) is 7.02. The molecule has 0 aromatic carbocycles. The van der Waals surface area contributed by atoms with Crippen LogP contribution in [0.25, 0.3) is 0 Å². The molecular formula is C59H98O6. The van der Waals surface area contributed by atoms with Crippen LogP contribution in [0.1, 0.15) is 239 Å². The van der Waals surface area contributed by atoms with Crippen molar-refractivity contribution in [1.29, 1.82) is 0 Å². The number of unbranched alkanes of at least 4 members (excludes halogenated alkanes) is 20. The highest BCUT2D eigenvalue weighted by molar-refractivity contribution is 5.71. The lowest BCUT2D eigenvalue weighted by Crippen LogP contribution is -2.30. The van der Waals surface area contributed by atoms with Crippen LogP contribution in [0, 0.1) is 0 Å². The molecule has 0 aliphatic rings. The maximum Gasteiger partial charge on any atom is 0.306 e. The first kappa shape index (κ1) is 61.3. The Hall–Kier alpha value is -3.67. The minimum Gasteiger partial charge on any atom is -0.462 e. The molecule has 6 heteroatoms. The van der Waals surface area contributed by atoms with E-state index in [1.54, 1.807) is 0 Å². The van der Waals surface area contributed by atoms with E-state index in [0.29, 0.717) is 19.3 Å². The third-order valence-electron chi connectivity index (χ3n) is 11.0. The van der Waals surface area contributed by atoms with Crippen LogP contribution in [0.3, 0.4) is 0 Å². The van der Waals surface area contributed by atoms with Crippen molar-refractivity contribution in [3.8, 4) is 0 Å². The summed E-state index contributed by atoms with van der Waals surface area (Å²) in [6, 6.07) is 0. The number of hydrogen-bond acceptors (Lipinski definition) is 6. The molecule has 0 aromatic rings. The van der Waals surface area contributed by atoms with E-state index in [4.69, 9.17) is 14.2 Å². The van der Waals surface area contributed by atoms with E-state index in [1.807, 2.05) is 0 Å². The molecule has 0 saturated heterocycles. The van der Waals surface area contributed by atoms with Gasteiger partial charge in [0.1, 0.15) is 13.2 Å². The predicted molar refractivity (Wildman–Crippen MR) is 279 cm³/mol. The van der Waals surface area contributed by atoms with E-state index in [2.05, 4.69) is 118 Å². The highest BCUT2D eigenvalue weighted by Gasteiger charge is 2.19. The third kappa shape index (κ3) is 51.2. The molecule has 370 valence electrons. The molecular weight excluding hydrogens is 805 g/mol. The van der Waals surface area contributed by atoms with Crippen molar-refractivity contribution in [3.63, 3.8) is 0 Å². The molecule has 0 bridgehead atoms. The zero-order valence-corrected chi connectivity index (χ0v) is 42.2. The van der Waals surface area contributed by atoms with Gasteiger partial charge in [-0.3, -0.25) is 14.4 Å². The van der Waals surface area contributed by atoms with Crippen LogP contribution in [0.4, 0.5) is 0 Å². The summed E-state index contributed by atoms with van der Waals surface area (Å²) in [6.45, 7) is 6.43. The Morgan fingerprint density at radius 1 is 0.323 bits per heavy atom. The Bertz CT molecular complexity index is 1310. The van der Waals surface area contributed by atoms with Crippen molar-refractivity contribution >= 4 is 17.9 Å². The van der Waals surface area contributed by atoms with Crippen LogP contribution < -0.4 is 0 Å². The largest absolute Gasteiger partial charge is 0.462 e. The maximum atomic E-state index is 12.8. The molecule has 0 spiro atoms. The van der Waals surface area contributed by atoms with Crippen molar-refractivity contribution in [2.45, 2.75) is 245 Å². The summed E-state index contributed by atoms with van der Waals surface area (Å²) in [5.74, 6) is -0.959. The average molecular weight is 903 g/mol. The zero-order chi connectivity index (χ0) is 47.2. The van der Waals surface area contributed by atoms with Gasteiger partial charge in [0.25, 0.3) is 0 Å². The molecule has 0 heterocycles. The molecule has 0 fully saturated rings. The number of carbonyl (C=O) groups is 3. The zero-order valence-electron chi connectivity index (χ0n) is 42.2. The highest BCUT2D eigenvalue weighted by atomic mass is 16.6. The monoisotopic (exact) mass is 903 g/mol. The lowest BCUT2D eigenvalue weighted by atomic mass is 10.1. The standard InChI is InChI=1S/C59H98O6/c1-4-7-10-13-16-19-22-25-27-28-29-30-32-34-37-40-43-46-49-52-58(61)64-55-56(54-63-57(60)51-48-45-42-39-36-33-24-21-18-15-12-9-6-3)65-59(62)53-50-47-44-41-38-35-31-26-23-20-17-14-11-8-5-2/h8,11,16-17,19-21,24-27,29-31,34,37,56H,4-7,9-10,12-15,18,22-23,28,32-33,35-36,38-55H2,1-3H3/b11-8+,19-16+,20-17+,24-21+,27-25+,30-29+,31-26+,37-34+/t56-/m1/s1. The van der Waals surface area contributed by atoms with Crippen LogP contribution in [0.2, 0.25) is 0 Å². The highest BCUT2D eigenvalue weighted by Crippen LogP contribution is 2.13. The summed E-state index contributed by atoms with van der Waals surface area (Å²) < 4.78 is 16.8. The minimum absolute atomic E-state index is 0.100. The summed E-state index contributed by atoms with van der Waals surface area (Å²) >= 11 is 0. The molecule has 0 radical (unpaired) electrons. The van der Waals surface area contributed by atoms with Gasteiger partial charge >= 0.3 is 17.9 Å². The van der Waals surface area contributed by atoms with E-state index < -0.39 is 6.10 Å². The second-order valence-electron chi connectivity index (χ2n) is 17.4. The van der Waals surface area contributed by atoms with Crippen LogP contribution in [0.5, 0.6) is 0 Å². The quantitative estimate of drug-likeness (QED) is 0.0262. The van der Waals surface area contributed by atoms with Crippen molar-refractivity contribution in [3.05, 3.63) is 97.2 Å². The van der Waals surface area contributed by atoms with Gasteiger partial charge < -0.3 is 14.2 Å². The number of hydrogen-bond donors (Lipinski definition) is 0. The Morgan fingerprint density at radius 2 is 0.600 bits per heavy atom. The van der Waals surface area contributed by atoms with Crippen LogP contribution in [-0.4, -0.2) is 37.2 Å². The van der Waals surface area contributed by atoms with E-state index >= 15 is 0 Å². The molecule has 0 unspecified atom stereocenters. The normalized spacial score (nSPS) is 12.8. The number of ether oxygens (including phenoxy) is 3. The van der Waals surface area contributed by atoms with Crippen LogP contribution in [0.15, 0.2) is 97.2 Å². The number of carbonyl (C=O) groups excluding carboxylic acids is 3. The molecule has 1 atom stereocenters. The number of rotatable bonds is 47. The summed E-state index contributed by atoms with van der Waals surface area (Å²) in [7, 11) is 0. The predicted octanol–water partition coefficient (Wildman–Crippen LogP) is 17.8.